The zero-order valence-electron chi connectivity index (χ0n) is 14.7. The summed E-state index contributed by atoms with van der Waals surface area (Å²) in [5, 5.41) is 4.51. The summed E-state index contributed by atoms with van der Waals surface area (Å²) in [7, 11) is 0. The van der Waals surface area contributed by atoms with E-state index in [4.69, 9.17) is 32.7 Å². The highest BCUT2D eigenvalue weighted by Crippen LogP contribution is 2.23. The van der Waals surface area contributed by atoms with Crippen LogP contribution in [0.2, 0.25) is 10.0 Å². The molecule has 2 aromatic rings. The van der Waals surface area contributed by atoms with Gasteiger partial charge in [-0.05, 0) is 62.2 Å². The predicted molar refractivity (Wildman–Crippen MR) is 105 cm³/mol. The summed E-state index contributed by atoms with van der Waals surface area (Å²) in [4.78, 5) is 0. The monoisotopic (exact) mass is 381 g/mol. The van der Waals surface area contributed by atoms with Crippen LogP contribution < -0.4 is 10.1 Å². The largest absolute Gasteiger partial charge is 0.489 e. The zero-order chi connectivity index (χ0) is 18.1. The molecule has 136 valence electrons. The summed E-state index contributed by atoms with van der Waals surface area (Å²) >= 11 is 11.9. The number of nitrogens with one attached hydrogen (secondary N) is 1. The third-order valence-electron chi connectivity index (χ3n) is 3.59. The second-order valence-corrected chi connectivity index (χ2v) is 6.95. The van der Waals surface area contributed by atoms with Crippen LogP contribution in [0.3, 0.4) is 0 Å². The molecule has 2 aromatic carbocycles. The minimum absolute atomic E-state index is 0.302. The van der Waals surface area contributed by atoms with E-state index in [-0.39, 0.29) is 0 Å². The SMILES string of the molecule is CC(C)OCCCNCc1ccc(OCc2ccc(Cl)c(Cl)c2)cc1. The average Bonchev–Trinajstić information content (AvgIpc) is 2.60. The van der Waals surface area contributed by atoms with Crippen LogP contribution in [-0.4, -0.2) is 19.3 Å². The molecule has 0 unspecified atom stereocenters. The molecule has 3 nitrogen and oxygen atoms in total. The summed E-state index contributed by atoms with van der Waals surface area (Å²) < 4.78 is 11.3. The number of hydrogen-bond acceptors (Lipinski definition) is 3. The topological polar surface area (TPSA) is 30.5 Å². The Morgan fingerprint density at radius 2 is 1.68 bits per heavy atom. The van der Waals surface area contributed by atoms with E-state index in [1.54, 1.807) is 6.07 Å². The summed E-state index contributed by atoms with van der Waals surface area (Å²) in [6, 6.07) is 13.6. The first-order valence-corrected chi connectivity index (χ1v) is 9.28. The Kier molecular flexibility index (Phi) is 8.56. The molecule has 0 bridgehead atoms. The molecule has 0 atom stereocenters. The van der Waals surface area contributed by atoms with Crippen LogP contribution >= 0.6 is 23.2 Å². The van der Waals surface area contributed by atoms with Crippen molar-refractivity contribution < 1.29 is 9.47 Å². The average molecular weight is 382 g/mol. The molecule has 0 saturated carbocycles. The normalized spacial score (nSPS) is 11.1. The third kappa shape index (κ3) is 7.66. The number of benzene rings is 2. The van der Waals surface area contributed by atoms with Gasteiger partial charge < -0.3 is 14.8 Å². The maximum atomic E-state index is 6.01. The molecule has 0 spiro atoms. The molecule has 5 heteroatoms. The first-order valence-electron chi connectivity index (χ1n) is 8.52. The van der Waals surface area contributed by atoms with Gasteiger partial charge in [-0.1, -0.05) is 41.4 Å². The summed E-state index contributed by atoms with van der Waals surface area (Å²) in [6.45, 7) is 7.16. The first kappa shape index (κ1) is 20.1. The molecule has 0 aliphatic carbocycles. The minimum Gasteiger partial charge on any atom is -0.489 e. The van der Waals surface area contributed by atoms with E-state index >= 15 is 0 Å². The Labute approximate surface area is 160 Å². The Bertz CT molecular complexity index is 645. The smallest absolute Gasteiger partial charge is 0.119 e. The molecule has 25 heavy (non-hydrogen) atoms. The van der Waals surface area contributed by atoms with Gasteiger partial charge in [-0.15, -0.1) is 0 Å². The maximum Gasteiger partial charge on any atom is 0.119 e. The highest BCUT2D eigenvalue weighted by molar-refractivity contribution is 6.42. The van der Waals surface area contributed by atoms with Crippen molar-refractivity contribution in [3.63, 3.8) is 0 Å². The van der Waals surface area contributed by atoms with Crippen molar-refractivity contribution in [3.8, 4) is 5.75 Å². The van der Waals surface area contributed by atoms with Gasteiger partial charge in [0.05, 0.1) is 16.1 Å². The number of ether oxygens (including phenoxy) is 2. The van der Waals surface area contributed by atoms with Crippen molar-refractivity contribution in [2.24, 2.45) is 0 Å². The molecule has 1 N–H and O–H groups in total. The first-order chi connectivity index (χ1) is 12.0. The number of halogens is 2. The van der Waals surface area contributed by atoms with Crippen molar-refractivity contribution in [3.05, 3.63) is 63.6 Å². The van der Waals surface area contributed by atoms with Crippen LogP contribution in [0.5, 0.6) is 5.75 Å². The lowest BCUT2D eigenvalue weighted by Gasteiger charge is -2.10. The fraction of sp³-hybridized carbons (Fsp3) is 0.400. The quantitative estimate of drug-likeness (QED) is 0.552. The van der Waals surface area contributed by atoms with Gasteiger partial charge in [0.1, 0.15) is 12.4 Å². The van der Waals surface area contributed by atoms with Crippen molar-refractivity contribution in [1.82, 2.24) is 5.32 Å². The molecule has 0 aliphatic heterocycles. The molecule has 0 fully saturated rings. The van der Waals surface area contributed by atoms with Gasteiger partial charge in [-0.2, -0.15) is 0 Å². The number of hydrogen-bond donors (Lipinski definition) is 1. The van der Waals surface area contributed by atoms with Crippen LogP contribution in [0.25, 0.3) is 0 Å². The van der Waals surface area contributed by atoms with Gasteiger partial charge >= 0.3 is 0 Å². The molecular formula is C20H25Cl2NO2. The van der Waals surface area contributed by atoms with Gasteiger partial charge in [0.15, 0.2) is 0 Å². The van der Waals surface area contributed by atoms with Gasteiger partial charge in [-0.3, -0.25) is 0 Å². The molecule has 0 amide bonds. The van der Waals surface area contributed by atoms with Crippen LogP contribution in [0.15, 0.2) is 42.5 Å². The highest BCUT2D eigenvalue weighted by atomic mass is 35.5. The van der Waals surface area contributed by atoms with E-state index in [1.165, 1.54) is 5.56 Å². The van der Waals surface area contributed by atoms with Gasteiger partial charge in [0.2, 0.25) is 0 Å². The fourth-order valence-electron chi connectivity index (χ4n) is 2.25. The summed E-state index contributed by atoms with van der Waals surface area (Å²) in [6.07, 6.45) is 1.32. The van der Waals surface area contributed by atoms with Crippen molar-refractivity contribution in [2.45, 2.75) is 39.5 Å². The van der Waals surface area contributed by atoms with Gasteiger partial charge in [0, 0.05) is 13.2 Å². The molecule has 2 rings (SSSR count). The Morgan fingerprint density at radius 3 is 2.36 bits per heavy atom. The van der Waals surface area contributed by atoms with Crippen LogP contribution in [0.1, 0.15) is 31.4 Å². The minimum atomic E-state index is 0.302. The highest BCUT2D eigenvalue weighted by Gasteiger charge is 2.01. The van der Waals surface area contributed by atoms with Crippen molar-refractivity contribution in [2.75, 3.05) is 13.2 Å². The van der Waals surface area contributed by atoms with Gasteiger partial charge in [0.25, 0.3) is 0 Å². The van der Waals surface area contributed by atoms with Crippen molar-refractivity contribution >= 4 is 23.2 Å². The van der Waals surface area contributed by atoms with Crippen molar-refractivity contribution in [1.29, 1.82) is 0 Å². The lowest BCUT2D eigenvalue weighted by Crippen LogP contribution is -2.17. The lowest BCUT2D eigenvalue weighted by molar-refractivity contribution is 0.0770. The van der Waals surface area contributed by atoms with E-state index in [2.05, 4.69) is 31.3 Å². The molecule has 0 aliphatic rings. The predicted octanol–water partition coefficient (Wildman–Crippen LogP) is 5.48. The van der Waals surface area contributed by atoms with E-state index in [0.29, 0.717) is 22.8 Å². The maximum absolute atomic E-state index is 6.01. The second kappa shape index (κ2) is 10.7. The summed E-state index contributed by atoms with van der Waals surface area (Å²) in [5.41, 5.74) is 2.22. The fourth-order valence-corrected chi connectivity index (χ4v) is 2.57. The Hall–Kier alpha value is -1.26. The molecule has 0 saturated heterocycles. The third-order valence-corrected chi connectivity index (χ3v) is 4.33. The lowest BCUT2D eigenvalue weighted by atomic mass is 10.2. The molecule has 0 aromatic heterocycles. The molecular weight excluding hydrogens is 357 g/mol. The van der Waals surface area contributed by atoms with Crippen LogP contribution in [0, 0.1) is 0 Å². The summed E-state index contributed by atoms with van der Waals surface area (Å²) in [5.74, 6) is 0.833. The van der Waals surface area contributed by atoms with E-state index < -0.39 is 0 Å². The van der Waals surface area contributed by atoms with E-state index in [1.807, 2.05) is 24.3 Å². The second-order valence-electron chi connectivity index (χ2n) is 6.13. The Balaban J connectivity index is 1.69. The Morgan fingerprint density at radius 1 is 0.960 bits per heavy atom. The molecule has 0 heterocycles. The van der Waals surface area contributed by atoms with Crippen LogP contribution in [0.4, 0.5) is 0 Å². The van der Waals surface area contributed by atoms with Crippen LogP contribution in [-0.2, 0) is 17.9 Å². The van der Waals surface area contributed by atoms with E-state index in [9.17, 15) is 0 Å². The number of rotatable bonds is 10. The van der Waals surface area contributed by atoms with E-state index in [0.717, 1.165) is 37.4 Å². The zero-order valence-corrected chi connectivity index (χ0v) is 16.2. The standard InChI is InChI=1S/C20H25Cl2NO2/c1-15(2)24-11-3-10-23-13-16-4-7-18(8-5-16)25-14-17-6-9-19(21)20(22)12-17/h4-9,12,15,23H,3,10-11,13-14H2,1-2H3. The molecule has 0 radical (unpaired) electrons. The van der Waals surface area contributed by atoms with Gasteiger partial charge in [-0.25, -0.2) is 0 Å².